The Morgan fingerprint density at radius 2 is 2.38 bits per heavy atom. The van der Waals surface area contributed by atoms with E-state index in [0.29, 0.717) is 26.2 Å². The summed E-state index contributed by atoms with van der Waals surface area (Å²) < 4.78 is 0. The van der Waals surface area contributed by atoms with Crippen molar-refractivity contribution in [3.8, 4) is 0 Å². The van der Waals surface area contributed by atoms with Gasteiger partial charge in [-0.05, 0) is 6.92 Å². The first-order chi connectivity index (χ1) is 7.59. The highest BCUT2D eigenvalue weighted by molar-refractivity contribution is 5.89. The van der Waals surface area contributed by atoms with Gasteiger partial charge >= 0.3 is 0 Å². The standard InChI is InChI=1S/C10H19N3O3/c1-7(14)5-11-2-3-12-10(16)8-4-9(15)13-6-8/h7-8,11,14H,2-6H2,1H3,(H,12,16)(H,13,15). The highest BCUT2D eigenvalue weighted by Crippen LogP contribution is 2.07. The number of nitrogens with one attached hydrogen (secondary N) is 3. The summed E-state index contributed by atoms with van der Waals surface area (Å²) in [6, 6.07) is 0. The molecule has 0 aliphatic carbocycles. The van der Waals surface area contributed by atoms with Crippen LogP contribution in [0.2, 0.25) is 0 Å². The zero-order chi connectivity index (χ0) is 12.0. The molecule has 92 valence electrons. The first kappa shape index (κ1) is 12.9. The monoisotopic (exact) mass is 229 g/mol. The molecule has 4 N–H and O–H groups in total. The number of hydrogen-bond donors (Lipinski definition) is 4. The van der Waals surface area contributed by atoms with Crippen molar-refractivity contribution in [3.63, 3.8) is 0 Å². The smallest absolute Gasteiger partial charge is 0.225 e. The van der Waals surface area contributed by atoms with E-state index >= 15 is 0 Å². The molecule has 0 radical (unpaired) electrons. The van der Waals surface area contributed by atoms with Gasteiger partial charge in [-0.2, -0.15) is 0 Å². The Balaban J connectivity index is 2.04. The van der Waals surface area contributed by atoms with E-state index in [1.807, 2.05) is 0 Å². The van der Waals surface area contributed by atoms with Gasteiger partial charge in [0.15, 0.2) is 0 Å². The number of amides is 2. The summed E-state index contributed by atoms with van der Waals surface area (Å²) in [6.45, 7) is 3.77. The van der Waals surface area contributed by atoms with Crippen LogP contribution in [0.4, 0.5) is 0 Å². The van der Waals surface area contributed by atoms with E-state index in [1.54, 1.807) is 6.92 Å². The van der Waals surface area contributed by atoms with Crippen LogP contribution in [-0.2, 0) is 9.59 Å². The zero-order valence-corrected chi connectivity index (χ0v) is 9.45. The molecule has 1 rings (SSSR count). The molecule has 0 aromatic heterocycles. The number of aliphatic hydroxyl groups excluding tert-OH is 1. The first-order valence-electron chi connectivity index (χ1n) is 5.52. The van der Waals surface area contributed by atoms with E-state index in [0.717, 1.165) is 0 Å². The van der Waals surface area contributed by atoms with Crippen molar-refractivity contribution in [3.05, 3.63) is 0 Å². The Bertz CT molecular complexity index is 256. The summed E-state index contributed by atoms with van der Waals surface area (Å²) in [5.41, 5.74) is 0. The van der Waals surface area contributed by atoms with Crippen LogP contribution >= 0.6 is 0 Å². The normalized spacial score (nSPS) is 21.6. The summed E-state index contributed by atoms with van der Waals surface area (Å²) >= 11 is 0. The maximum Gasteiger partial charge on any atom is 0.225 e. The summed E-state index contributed by atoms with van der Waals surface area (Å²) in [6.07, 6.45) is -0.0974. The van der Waals surface area contributed by atoms with Crippen LogP contribution < -0.4 is 16.0 Å². The topological polar surface area (TPSA) is 90.5 Å². The van der Waals surface area contributed by atoms with Gasteiger partial charge in [0.05, 0.1) is 12.0 Å². The Hall–Kier alpha value is -1.14. The van der Waals surface area contributed by atoms with Crippen LogP contribution in [0.1, 0.15) is 13.3 Å². The van der Waals surface area contributed by atoms with Gasteiger partial charge in [-0.3, -0.25) is 9.59 Å². The van der Waals surface area contributed by atoms with Crippen molar-refractivity contribution in [2.75, 3.05) is 26.2 Å². The fourth-order valence-corrected chi connectivity index (χ4v) is 1.52. The summed E-state index contributed by atoms with van der Waals surface area (Å²) in [7, 11) is 0. The second-order valence-electron chi connectivity index (χ2n) is 4.05. The number of aliphatic hydroxyl groups is 1. The predicted octanol–water partition coefficient (Wildman–Crippen LogP) is -1.79. The first-order valence-corrected chi connectivity index (χ1v) is 5.52. The van der Waals surface area contributed by atoms with Gasteiger partial charge in [-0.1, -0.05) is 0 Å². The third-order valence-corrected chi connectivity index (χ3v) is 2.39. The molecule has 1 saturated heterocycles. The molecule has 2 atom stereocenters. The average molecular weight is 229 g/mol. The molecular formula is C10H19N3O3. The van der Waals surface area contributed by atoms with Crippen LogP contribution in [-0.4, -0.2) is 49.2 Å². The van der Waals surface area contributed by atoms with E-state index in [-0.39, 0.29) is 30.3 Å². The number of carbonyl (C=O) groups excluding carboxylic acids is 2. The van der Waals surface area contributed by atoms with Crippen molar-refractivity contribution in [2.45, 2.75) is 19.4 Å². The fourth-order valence-electron chi connectivity index (χ4n) is 1.52. The Morgan fingerprint density at radius 1 is 1.62 bits per heavy atom. The zero-order valence-electron chi connectivity index (χ0n) is 9.45. The highest BCUT2D eigenvalue weighted by atomic mass is 16.3. The predicted molar refractivity (Wildman–Crippen MR) is 58.7 cm³/mol. The fraction of sp³-hybridized carbons (Fsp3) is 0.800. The minimum Gasteiger partial charge on any atom is -0.392 e. The maximum atomic E-state index is 11.5. The molecule has 1 aliphatic heterocycles. The van der Waals surface area contributed by atoms with Crippen molar-refractivity contribution < 1.29 is 14.7 Å². The molecule has 6 nitrogen and oxygen atoms in total. The largest absolute Gasteiger partial charge is 0.392 e. The highest BCUT2D eigenvalue weighted by Gasteiger charge is 2.27. The van der Waals surface area contributed by atoms with E-state index in [4.69, 9.17) is 5.11 Å². The molecule has 6 heteroatoms. The van der Waals surface area contributed by atoms with E-state index in [2.05, 4.69) is 16.0 Å². The number of hydrogen-bond acceptors (Lipinski definition) is 4. The third-order valence-electron chi connectivity index (χ3n) is 2.39. The SMILES string of the molecule is CC(O)CNCCNC(=O)C1CNC(=O)C1. The third kappa shape index (κ3) is 4.59. The second-order valence-corrected chi connectivity index (χ2v) is 4.05. The lowest BCUT2D eigenvalue weighted by molar-refractivity contribution is -0.126. The van der Waals surface area contributed by atoms with Gasteiger partial charge in [0.2, 0.25) is 11.8 Å². The lowest BCUT2D eigenvalue weighted by atomic mass is 10.1. The van der Waals surface area contributed by atoms with Crippen molar-refractivity contribution in [1.29, 1.82) is 0 Å². The van der Waals surface area contributed by atoms with Crippen LogP contribution in [0.15, 0.2) is 0 Å². The molecule has 16 heavy (non-hydrogen) atoms. The molecular weight excluding hydrogens is 210 g/mol. The molecule has 1 aliphatic rings. The Morgan fingerprint density at radius 3 is 2.94 bits per heavy atom. The van der Waals surface area contributed by atoms with E-state index in [1.165, 1.54) is 0 Å². The molecule has 0 aromatic carbocycles. The molecule has 2 unspecified atom stereocenters. The molecule has 0 saturated carbocycles. The van der Waals surface area contributed by atoms with Crippen molar-refractivity contribution in [1.82, 2.24) is 16.0 Å². The van der Waals surface area contributed by atoms with Crippen LogP contribution in [0.3, 0.4) is 0 Å². The minimum absolute atomic E-state index is 0.0626. The molecule has 0 aromatic rings. The molecule has 1 fully saturated rings. The van der Waals surface area contributed by atoms with Gasteiger partial charge in [0.1, 0.15) is 0 Å². The summed E-state index contributed by atoms with van der Waals surface area (Å²) in [5, 5.41) is 17.3. The van der Waals surface area contributed by atoms with Gasteiger partial charge < -0.3 is 21.1 Å². The van der Waals surface area contributed by atoms with E-state index in [9.17, 15) is 9.59 Å². The van der Waals surface area contributed by atoms with Gasteiger partial charge in [0.25, 0.3) is 0 Å². The van der Waals surface area contributed by atoms with E-state index < -0.39 is 0 Å². The lowest BCUT2D eigenvalue weighted by Crippen LogP contribution is -2.38. The van der Waals surface area contributed by atoms with Crippen LogP contribution in [0.25, 0.3) is 0 Å². The molecule has 0 bridgehead atoms. The Labute approximate surface area is 94.8 Å². The van der Waals surface area contributed by atoms with Crippen molar-refractivity contribution >= 4 is 11.8 Å². The summed E-state index contributed by atoms with van der Waals surface area (Å²) in [4.78, 5) is 22.4. The minimum atomic E-state index is -0.382. The maximum absolute atomic E-state index is 11.5. The molecule has 2 amide bonds. The lowest BCUT2D eigenvalue weighted by Gasteiger charge is -2.10. The Kier molecular flexibility index (Phi) is 5.21. The van der Waals surface area contributed by atoms with Gasteiger partial charge in [-0.15, -0.1) is 0 Å². The summed E-state index contributed by atoms with van der Waals surface area (Å²) in [5.74, 6) is -0.381. The van der Waals surface area contributed by atoms with Crippen molar-refractivity contribution in [2.24, 2.45) is 5.92 Å². The quantitative estimate of drug-likeness (QED) is 0.405. The van der Waals surface area contributed by atoms with Gasteiger partial charge in [-0.25, -0.2) is 0 Å². The van der Waals surface area contributed by atoms with Crippen LogP contribution in [0, 0.1) is 5.92 Å². The molecule has 0 spiro atoms. The van der Waals surface area contributed by atoms with Crippen LogP contribution in [0.5, 0.6) is 0 Å². The van der Waals surface area contributed by atoms with Gasteiger partial charge in [0, 0.05) is 32.6 Å². The average Bonchev–Trinajstić information content (AvgIpc) is 2.63. The molecule has 1 heterocycles. The number of rotatable bonds is 6. The second kappa shape index (κ2) is 6.44. The number of carbonyl (C=O) groups is 2.